The maximum absolute atomic E-state index is 13.6. The predicted octanol–water partition coefficient (Wildman–Crippen LogP) is 3.02. The Kier molecular flexibility index (Phi) is 4.97. The molecular weight excluding hydrogens is 361 g/mol. The monoisotopic (exact) mass is 373 g/mol. The summed E-state index contributed by atoms with van der Waals surface area (Å²) in [6.07, 6.45) is 0. The zero-order valence-corrected chi connectivity index (χ0v) is 13.3. The molecule has 0 aliphatic rings. The van der Waals surface area contributed by atoms with Gasteiger partial charge in [0.15, 0.2) is 0 Å². The molecule has 0 saturated heterocycles. The van der Waals surface area contributed by atoms with Crippen molar-refractivity contribution < 1.29 is 17.9 Å². The summed E-state index contributed by atoms with van der Waals surface area (Å²) >= 11 is 3.16. The normalized spacial score (nSPS) is 11.4. The number of nitrogens with one attached hydrogen (secondary N) is 1. The van der Waals surface area contributed by atoms with Crippen LogP contribution in [0.1, 0.15) is 11.1 Å². The molecule has 0 radical (unpaired) electrons. The number of sulfonamides is 1. The molecule has 0 heterocycles. The van der Waals surface area contributed by atoms with E-state index in [0.29, 0.717) is 15.6 Å². The highest BCUT2D eigenvalue weighted by atomic mass is 79.9. The zero-order chi connectivity index (χ0) is 15.5. The first-order valence-electron chi connectivity index (χ1n) is 6.04. The molecule has 0 unspecified atom stereocenters. The number of hydrogen-bond donors (Lipinski definition) is 2. The largest absolute Gasteiger partial charge is 0.392 e. The standard InChI is InChI=1S/C14H13BrFNO3S/c15-12-5-6-13(16)14(7-12)17-21(19,20)9-11-3-1-10(8-18)2-4-11/h1-7,17-18H,8-9H2. The maximum Gasteiger partial charge on any atom is 0.237 e. The van der Waals surface area contributed by atoms with Crippen molar-refractivity contribution in [3.05, 3.63) is 63.9 Å². The molecule has 21 heavy (non-hydrogen) atoms. The molecule has 0 bridgehead atoms. The summed E-state index contributed by atoms with van der Waals surface area (Å²) < 4.78 is 40.5. The van der Waals surface area contributed by atoms with E-state index in [4.69, 9.17) is 5.11 Å². The van der Waals surface area contributed by atoms with E-state index >= 15 is 0 Å². The van der Waals surface area contributed by atoms with Crippen LogP contribution in [0, 0.1) is 5.82 Å². The van der Waals surface area contributed by atoms with Gasteiger partial charge in [0.2, 0.25) is 10.0 Å². The van der Waals surface area contributed by atoms with E-state index in [1.54, 1.807) is 24.3 Å². The lowest BCUT2D eigenvalue weighted by Crippen LogP contribution is -2.16. The summed E-state index contributed by atoms with van der Waals surface area (Å²) in [4.78, 5) is 0. The fourth-order valence-electron chi connectivity index (χ4n) is 1.74. The first kappa shape index (κ1) is 15.9. The van der Waals surface area contributed by atoms with Crippen molar-refractivity contribution >= 4 is 31.6 Å². The van der Waals surface area contributed by atoms with Gasteiger partial charge >= 0.3 is 0 Å². The Balaban J connectivity index is 2.16. The summed E-state index contributed by atoms with van der Waals surface area (Å²) in [5, 5.41) is 8.94. The number of anilines is 1. The summed E-state index contributed by atoms with van der Waals surface area (Å²) in [7, 11) is -3.72. The smallest absolute Gasteiger partial charge is 0.237 e. The van der Waals surface area contributed by atoms with E-state index in [2.05, 4.69) is 20.7 Å². The molecule has 0 saturated carbocycles. The fourth-order valence-corrected chi connectivity index (χ4v) is 3.30. The first-order valence-corrected chi connectivity index (χ1v) is 8.48. The molecule has 0 aliphatic carbocycles. The van der Waals surface area contributed by atoms with Crippen LogP contribution in [-0.4, -0.2) is 13.5 Å². The van der Waals surface area contributed by atoms with Crippen molar-refractivity contribution in [3.63, 3.8) is 0 Å². The predicted molar refractivity (Wildman–Crippen MR) is 82.7 cm³/mol. The average molecular weight is 374 g/mol. The Hall–Kier alpha value is -1.44. The highest BCUT2D eigenvalue weighted by molar-refractivity contribution is 9.10. The van der Waals surface area contributed by atoms with E-state index in [0.717, 1.165) is 0 Å². The number of benzene rings is 2. The van der Waals surface area contributed by atoms with Crippen LogP contribution in [0.4, 0.5) is 10.1 Å². The molecule has 0 atom stereocenters. The lowest BCUT2D eigenvalue weighted by atomic mass is 10.2. The lowest BCUT2D eigenvalue weighted by molar-refractivity contribution is 0.282. The van der Waals surface area contributed by atoms with Crippen LogP contribution in [0.2, 0.25) is 0 Å². The van der Waals surface area contributed by atoms with E-state index in [9.17, 15) is 12.8 Å². The van der Waals surface area contributed by atoms with Gasteiger partial charge in [0.05, 0.1) is 18.0 Å². The van der Waals surface area contributed by atoms with Gasteiger partial charge in [0.25, 0.3) is 0 Å². The third-order valence-electron chi connectivity index (χ3n) is 2.76. The highest BCUT2D eigenvalue weighted by Crippen LogP contribution is 2.22. The Bertz CT molecular complexity index is 732. The molecule has 0 aliphatic heterocycles. The summed E-state index contributed by atoms with van der Waals surface area (Å²) in [6.45, 7) is -0.103. The number of hydrogen-bond acceptors (Lipinski definition) is 3. The molecule has 0 amide bonds. The molecular formula is C14H13BrFNO3S. The van der Waals surface area contributed by atoms with Crippen LogP contribution in [0.3, 0.4) is 0 Å². The van der Waals surface area contributed by atoms with E-state index in [1.807, 2.05) is 0 Å². The van der Waals surface area contributed by atoms with Gasteiger partial charge in [-0.3, -0.25) is 4.72 Å². The van der Waals surface area contributed by atoms with E-state index in [-0.39, 0.29) is 18.0 Å². The summed E-state index contributed by atoms with van der Waals surface area (Å²) in [5.74, 6) is -0.914. The molecule has 112 valence electrons. The van der Waals surface area contributed by atoms with Gasteiger partial charge in [0, 0.05) is 4.47 Å². The van der Waals surface area contributed by atoms with Crippen LogP contribution in [0.15, 0.2) is 46.9 Å². The third-order valence-corrected chi connectivity index (χ3v) is 4.49. The van der Waals surface area contributed by atoms with Gasteiger partial charge in [-0.15, -0.1) is 0 Å². The first-order chi connectivity index (χ1) is 9.89. The summed E-state index contributed by atoms with van der Waals surface area (Å²) in [5.41, 5.74) is 1.15. The number of rotatable bonds is 5. The van der Waals surface area contributed by atoms with Crippen LogP contribution >= 0.6 is 15.9 Å². The Morgan fingerprint density at radius 2 is 1.71 bits per heavy atom. The van der Waals surface area contributed by atoms with Crippen molar-refractivity contribution in [2.75, 3.05) is 4.72 Å². The molecule has 7 heteroatoms. The van der Waals surface area contributed by atoms with Crippen molar-refractivity contribution in [1.29, 1.82) is 0 Å². The van der Waals surface area contributed by atoms with Crippen LogP contribution in [0.5, 0.6) is 0 Å². The van der Waals surface area contributed by atoms with E-state index < -0.39 is 15.8 Å². The van der Waals surface area contributed by atoms with Gasteiger partial charge in [0.1, 0.15) is 5.82 Å². The lowest BCUT2D eigenvalue weighted by Gasteiger charge is -2.09. The average Bonchev–Trinajstić information content (AvgIpc) is 2.43. The van der Waals surface area contributed by atoms with Gasteiger partial charge in [-0.05, 0) is 29.3 Å². The second-order valence-corrected chi connectivity index (χ2v) is 7.10. The Labute approximate surface area is 130 Å². The van der Waals surface area contributed by atoms with Gasteiger partial charge in [-0.25, -0.2) is 12.8 Å². The number of aliphatic hydroxyl groups excluding tert-OH is 1. The number of aliphatic hydroxyl groups is 1. The van der Waals surface area contributed by atoms with Gasteiger partial charge in [-0.2, -0.15) is 0 Å². The van der Waals surface area contributed by atoms with Gasteiger partial charge in [-0.1, -0.05) is 40.2 Å². The minimum absolute atomic E-state index is 0.101. The molecule has 2 aromatic carbocycles. The maximum atomic E-state index is 13.6. The van der Waals surface area contributed by atoms with Crippen LogP contribution < -0.4 is 4.72 Å². The Morgan fingerprint density at radius 3 is 2.33 bits per heavy atom. The summed E-state index contributed by atoms with van der Waals surface area (Å²) in [6, 6.07) is 10.5. The van der Waals surface area contributed by atoms with Crippen molar-refractivity contribution in [2.24, 2.45) is 0 Å². The molecule has 2 N–H and O–H groups in total. The van der Waals surface area contributed by atoms with Crippen LogP contribution in [-0.2, 0) is 22.4 Å². The van der Waals surface area contributed by atoms with Crippen LogP contribution in [0.25, 0.3) is 0 Å². The minimum Gasteiger partial charge on any atom is -0.392 e. The fraction of sp³-hybridized carbons (Fsp3) is 0.143. The topological polar surface area (TPSA) is 66.4 Å². The van der Waals surface area contributed by atoms with Gasteiger partial charge < -0.3 is 5.11 Å². The molecule has 0 fully saturated rings. The molecule has 2 rings (SSSR count). The highest BCUT2D eigenvalue weighted by Gasteiger charge is 2.14. The third kappa shape index (κ3) is 4.52. The molecule has 4 nitrogen and oxygen atoms in total. The second-order valence-electron chi connectivity index (χ2n) is 4.46. The SMILES string of the molecule is O=S(=O)(Cc1ccc(CO)cc1)Nc1cc(Br)ccc1F. The molecule has 0 spiro atoms. The quantitative estimate of drug-likeness (QED) is 0.846. The van der Waals surface area contributed by atoms with E-state index in [1.165, 1.54) is 18.2 Å². The molecule has 0 aromatic heterocycles. The zero-order valence-electron chi connectivity index (χ0n) is 10.9. The minimum atomic E-state index is -3.72. The molecule has 2 aromatic rings. The van der Waals surface area contributed by atoms with Crippen molar-refractivity contribution in [1.82, 2.24) is 0 Å². The second kappa shape index (κ2) is 6.55. The van der Waals surface area contributed by atoms with Crippen molar-refractivity contribution in [2.45, 2.75) is 12.4 Å². The Morgan fingerprint density at radius 1 is 1.10 bits per heavy atom. The van der Waals surface area contributed by atoms with Crippen molar-refractivity contribution in [3.8, 4) is 0 Å². The number of halogens is 2.